The summed E-state index contributed by atoms with van der Waals surface area (Å²) in [5.41, 5.74) is 4.81. The smallest absolute Gasteiger partial charge is 0.407 e. The van der Waals surface area contributed by atoms with E-state index in [0.29, 0.717) is 6.54 Å². The standard InChI is InChI=1S/C11H20N2O3/c1-2-3-4-5-6-7-8-13-11(15)16-9-10(12)14/h3-4H,2,5-9H2,1H3,(H2,12,14)(H,13,15). The average Bonchev–Trinajstić information content (AvgIpc) is 2.25. The molecule has 0 bridgehead atoms. The van der Waals surface area contributed by atoms with Crippen LogP contribution in [0.3, 0.4) is 0 Å². The normalized spacial score (nSPS) is 10.3. The lowest BCUT2D eigenvalue weighted by Crippen LogP contribution is -2.29. The molecule has 0 radical (unpaired) electrons. The Morgan fingerprint density at radius 3 is 2.69 bits per heavy atom. The van der Waals surface area contributed by atoms with Gasteiger partial charge in [-0.3, -0.25) is 4.79 Å². The van der Waals surface area contributed by atoms with Crippen molar-refractivity contribution in [3.63, 3.8) is 0 Å². The number of carbonyl (C=O) groups excluding carboxylic acids is 2. The van der Waals surface area contributed by atoms with Gasteiger partial charge in [0, 0.05) is 6.54 Å². The number of hydrogen-bond donors (Lipinski definition) is 2. The molecule has 5 heteroatoms. The van der Waals surface area contributed by atoms with Gasteiger partial charge in [0.25, 0.3) is 5.91 Å². The maximum Gasteiger partial charge on any atom is 0.407 e. The van der Waals surface area contributed by atoms with Crippen LogP contribution < -0.4 is 11.1 Å². The van der Waals surface area contributed by atoms with E-state index in [9.17, 15) is 9.59 Å². The molecule has 16 heavy (non-hydrogen) atoms. The van der Waals surface area contributed by atoms with E-state index in [4.69, 9.17) is 5.73 Å². The summed E-state index contributed by atoms with van der Waals surface area (Å²) in [5, 5.41) is 2.54. The summed E-state index contributed by atoms with van der Waals surface area (Å²) >= 11 is 0. The molecule has 0 aromatic carbocycles. The highest BCUT2D eigenvalue weighted by Gasteiger charge is 2.02. The van der Waals surface area contributed by atoms with Gasteiger partial charge in [0.2, 0.25) is 0 Å². The molecule has 3 N–H and O–H groups in total. The van der Waals surface area contributed by atoms with Gasteiger partial charge in [0.1, 0.15) is 0 Å². The largest absolute Gasteiger partial charge is 0.439 e. The molecule has 0 heterocycles. The molecule has 0 aliphatic rings. The quantitative estimate of drug-likeness (QED) is 0.486. The SMILES string of the molecule is CCC=CCCCCNC(=O)OCC(N)=O. The van der Waals surface area contributed by atoms with Crippen LogP contribution in [0.5, 0.6) is 0 Å². The van der Waals surface area contributed by atoms with Crippen LogP contribution in [0.25, 0.3) is 0 Å². The summed E-state index contributed by atoms with van der Waals surface area (Å²) in [6.45, 7) is 2.27. The number of carbonyl (C=O) groups is 2. The molecule has 5 nitrogen and oxygen atoms in total. The van der Waals surface area contributed by atoms with E-state index in [2.05, 4.69) is 29.1 Å². The Morgan fingerprint density at radius 1 is 1.31 bits per heavy atom. The number of primary amides is 1. The van der Waals surface area contributed by atoms with E-state index < -0.39 is 12.0 Å². The van der Waals surface area contributed by atoms with E-state index >= 15 is 0 Å². The highest BCUT2D eigenvalue weighted by Crippen LogP contribution is 1.96. The van der Waals surface area contributed by atoms with E-state index in [1.807, 2.05) is 0 Å². The van der Waals surface area contributed by atoms with E-state index in [-0.39, 0.29) is 6.61 Å². The Kier molecular flexibility index (Phi) is 9.06. The molecule has 0 spiro atoms. The third-order valence-electron chi connectivity index (χ3n) is 1.81. The fourth-order valence-corrected chi connectivity index (χ4v) is 1.05. The van der Waals surface area contributed by atoms with E-state index in [1.165, 1.54) is 0 Å². The lowest BCUT2D eigenvalue weighted by atomic mass is 10.2. The first-order valence-electron chi connectivity index (χ1n) is 5.50. The molecule has 0 saturated carbocycles. The first-order valence-corrected chi connectivity index (χ1v) is 5.50. The predicted octanol–water partition coefficient (Wildman–Crippen LogP) is 1.33. The maximum atomic E-state index is 10.9. The van der Waals surface area contributed by atoms with Gasteiger partial charge in [-0.1, -0.05) is 19.1 Å². The molecule has 0 rings (SSSR count). The molecule has 0 aliphatic carbocycles. The first-order chi connectivity index (χ1) is 7.66. The third-order valence-corrected chi connectivity index (χ3v) is 1.81. The van der Waals surface area contributed by atoms with Gasteiger partial charge in [-0.15, -0.1) is 0 Å². The number of unbranched alkanes of at least 4 members (excludes halogenated alkanes) is 2. The van der Waals surface area contributed by atoms with Crippen molar-refractivity contribution in [3.05, 3.63) is 12.2 Å². The minimum absolute atomic E-state index is 0.370. The van der Waals surface area contributed by atoms with Crippen LogP contribution in [0, 0.1) is 0 Å². The Balaban J connectivity index is 3.27. The van der Waals surface area contributed by atoms with Gasteiger partial charge in [-0.25, -0.2) is 4.79 Å². The van der Waals surface area contributed by atoms with Gasteiger partial charge in [0.15, 0.2) is 6.61 Å². The number of nitrogens with two attached hydrogens (primary N) is 1. The fourth-order valence-electron chi connectivity index (χ4n) is 1.05. The van der Waals surface area contributed by atoms with Crippen molar-refractivity contribution in [1.29, 1.82) is 0 Å². The minimum atomic E-state index is -0.653. The second kappa shape index (κ2) is 10.0. The van der Waals surface area contributed by atoms with Crippen LogP contribution in [0.1, 0.15) is 32.6 Å². The number of nitrogens with one attached hydrogen (secondary N) is 1. The van der Waals surface area contributed by atoms with Crippen molar-refractivity contribution in [2.75, 3.05) is 13.2 Å². The molecular weight excluding hydrogens is 208 g/mol. The first kappa shape index (κ1) is 14.5. The summed E-state index contributed by atoms with van der Waals surface area (Å²) in [6.07, 6.45) is 7.64. The van der Waals surface area contributed by atoms with Gasteiger partial charge in [-0.05, 0) is 25.7 Å². The second-order valence-corrected chi connectivity index (χ2v) is 3.34. The Hall–Kier alpha value is -1.52. The van der Waals surface area contributed by atoms with Crippen LogP contribution in [-0.2, 0) is 9.53 Å². The molecular formula is C11H20N2O3. The summed E-state index contributed by atoms with van der Waals surface area (Å²) in [4.78, 5) is 21.2. The Bertz CT molecular complexity index is 239. The summed E-state index contributed by atoms with van der Waals surface area (Å²) in [6, 6.07) is 0. The predicted molar refractivity (Wildman–Crippen MR) is 61.8 cm³/mol. The summed E-state index contributed by atoms with van der Waals surface area (Å²) in [7, 11) is 0. The van der Waals surface area contributed by atoms with Gasteiger partial charge in [0.05, 0.1) is 0 Å². The maximum absolute atomic E-state index is 10.9. The number of alkyl carbamates (subject to hydrolysis) is 1. The Labute approximate surface area is 96.0 Å². The van der Waals surface area contributed by atoms with Crippen molar-refractivity contribution in [1.82, 2.24) is 5.32 Å². The lowest BCUT2D eigenvalue weighted by Gasteiger charge is -2.04. The van der Waals surface area contributed by atoms with Crippen molar-refractivity contribution < 1.29 is 14.3 Å². The highest BCUT2D eigenvalue weighted by molar-refractivity contribution is 5.78. The second-order valence-electron chi connectivity index (χ2n) is 3.34. The van der Waals surface area contributed by atoms with Crippen molar-refractivity contribution in [3.8, 4) is 0 Å². The monoisotopic (exact) mass is 228 g/mol. The van der Waals surface area contributed by atoms with Gasteiger partial charge < -0.3 is 15.8 Å². The average molecular weight is 228 g/mol. The summed E-state index contributed by atoms with van der Waals surface area (Å²) in [5.74, 6) is -0.653. The highest BCUT2D eigenvalue weighted by atomic mass is 16.6. The minimum Gasteiger partial charge on any atom is -0.439 e. The third kappa shape index (κ3) is 10.6. The topological polar surface area (TPSA) is 81.4 Å². The van der Waals surface area contributed by atoms with E-state index in [1.54, 1.807) is 0 Å². The molecule has 0 atom stereocenters. The van der Waals surface area contributed by atoms with Crippen molar-refractivity contribution in [2.24, 2.45) is 5.73 Å². The number of rotatable bonds is 8. The molecule has 0 aromatic heterocycles. The molecule has 0 unspecified atom stereocenters. The number of hydrogen-bond acceptors (Lipinski definition) is 3. The van der Waals surface area contributed by atoms with Crippen molar-refractivity contribution in [2.45, 2.75) is 32.6 Å². The van der Waals surface area contributed by atoms with Gasteiger partial charge in [-0.2, -0.15) is 0 Å². The van der Waals surface area contributed by atoms with Crippen LogP contribution in [0.4, 0.5) is 4.79 Å². The zero-order valence-electron chi connectivity index (χ0n) is 9.70. The molecule has 0 aliphatic heterocycles. The Morgan fingerprint density at radius 2 is 2.06 bits per heavy atom. The van der Waals surface area contributed by atoms with Gasteiger partial charge >= 0.3 is 6.09 Å². The number of amides is 2. The van der Waals surface area contributed by atoms with Crippen molar-refractivity contribution >= 4 is 12.0 Å². The zero-order chi connectivity index (χ0) is 12.2. The summed E-state index contributed by atoms with van der Waals surface area (Å²) < 4.78 is 4.51. The van der Waals surface area contributed by atoms with Crippen LogP contribution in [0.15, 0.2) is 12.2 Å². The van der Waals surface area contributed by atoms with E-state index in [0.717, 1.165) is 25.7 Å². The zero-order valence-corrected chi connectivity index (χ0v) is 9.70. The fraction of sp³-hybridized carbons (Fsp3) is 0.636. The van der Waals surface area contributed by atoms with Crippen LogP contribution in [0.2, 0.25) is 0 Å². The molecule has 0 fully saturated rings. The molecule has 0 saturated heterocycles. The number of ether oxygens (including phenoxy) is 1. The van der Waals surface area contributed by atoms with Crippen LogP contribution in [-0.4, -0.2) is 25.2 Å². The lowest BCUT2D eigenvalue weighted by molar-refractivity contribution is -0.120. The molecule has 2 amide bonds. The number of allylic oxidation sites excluding steroid dienone is 2. The van der Waals surface area contributed by atoms with Crippen LogP contribution >= 0.6 is 0 Å². The molecule has 92 valence electrons. The molecule has 0 aromatic rings.